The first-order valence-corrected chi connectivity index (χ1v) is 18.6. The molecule has 1 atom stereocenters. The lowest BCUT2D eigenvalue weighted by molar-refractivity contribution is 0.588. The molecule has 0 bridgehead atoms. The summed E-state index contributed by atoms with van der Waals surface area (Å²) in [6.07, 6.45) is 0. The normalized spacial score (nSPS) is 15.0. The summed E-state index contributed by atoms with van der Waals surface area (Å²) in [5.74, 6) is 1.95. The second-order valence-electron chi connectivity index (χ2n) is 15.3. The van der Waals surface area contributed by atoms with E-state index in [4.69, 9.17) is 15.0 Å². The third kappa shape index (κ3) is 4.87. The van der Waals surface area contributed by atoms with E-state index in [9.17, 15) is 0 Å². The van der Waals surface area contributed by atoms with Gasteiger partial charge in [-0.05, 0) is 51.4 Å². The molecule has 0 radical (unpaired) electrons. The van der Waals surface area contributed by atoms with Crippen LogP contribution in [0.4, 0.5) is 0 Å². The summed E-state index contributed by atoms with van der Waals surface area (Å²) in [6, 6.07) is 63.1. The van der Waals surface area contributed by atoms with E-state index in [0.29, 0.717) is 17.5 Å². The van der Waals surface area contributed by atoms with Crippen LogP contribution in [0.25, 0.3) is 61.7 Å². The van der Waals surface area contributed by atoms with Crippen molar-refractivity contribution in [3.63, 3.8) is 0 Å². The van der Waals surface area contributed by atoms with Crippen LogP contribution in [0.15, 0.2) is 176 Å². The summed E-state index contributed by atoms with van der Waals surface area (Å²) in [6.45, 7) is 6.95. The van der Waals surface area contributed by atoms with E-state index in [1.807, 2.05) is 60.7 Å². The molecular weight excluding hydrogens is 657 g/mol. The van der Waals surface area contributed by atoms with Crippen LogP contribution in [-0.2, 0) is 10.8 Å². The lowest BCUT2D eigenvalue weighted by Gasteiger charge is -2.42. The van der Waals surface area contributed by atoms with E-state index in [1.54, 1.807) is 0 Å². The number of hydrogen-bond acceptors (Lipinski definition) is 3. The fraction of sp³-hybridized carbons (Fsp3) is 0.100. The Morgan fingerprint density at radius 3 is 1.56 bits per heavy atom. The largest absolute Gasteiger partial charge is 0.309 e. The van der Waals surface area contributed by atoms with Crippen molar-refractivity contribution in [3.05, 3.63) is 204 Å². The maximum atomic E-state index is 5.05. The van der Waals surface area contributed by atoms with Gasteiger partial charge in [-0.15, -0.1) is 0 Å². The van der Waals surface area contributed by atoms with Crippen LogP contribution in [-0.4, -0.2) is 19.5 Å². The molecule has 10 rings (SSSR count). The summed E-state index contributed by atoms with van der Waals surface area (Å²) in [7, 11) is 0. The van der Waals surface area contributed by atoms with Gasteiger partial charge in [-0.2, -0.15) is 0 Å². The van der Waals surface area contributed by atoms with Crippen LogP contribution in [0, 0.1) is 0 Å². The SMILES string of the molecule is CC(C)(C)c1cc2c3c(c1)c1ccccc1n3-c1ccccc1C2(c1ccccc1)c1ccc(-c2nc(-c3ccccc3)nc(-c3ccccc3)n2)cc1. The van der Waals surface area contributed by atoms with Gasteiger partial charge in [-0.3, -0.25) is 0 Å². The van der Waals surface area contributed by atoms with Crippen molar-refractivity contribution in [1.29, 1.82) is 0 Å². The molecule has 9 aromatic rings. The Labute approximate surface area is 315 Å². The zero-order chi connectivity index (χ0) is 36.4. The lowest BCUT2D eigenvalue weighted by Crippen LogP contribution is -2.35. The van der Waals surface area contributed by atoms with Gasteiger partial charge < -0.3 is 4.57 Å². The third-order valence-electron chi connectivity index (χ3n) is 11.1. The molecule has 0 aliphatic carbocycles. The third-order valence-corrected chi connectivity index (χ3v) is 11.1. The van der Waals surface area contributed by atoms with Gasteiger partial charge in [0, 0.05) is 27.5 Å². The fourth-order valence-electron chi connectivity index (χ4n) is 8.48. The molecule has 0 saturated carbocycles. The highest BCUT2D eigenvalue weighted by Crippen LogP contribution is 2.55. The molecule has 0 amide bonds. The minimum Gasteiger partial charge on any atom is -0.309 e. The van der Waals surface area contributed by atoms with Crippen LogP contribution in [0.3, 0.4) is 0 Å². The van der Waals surface area contributed by atoms with Crippen LogP contribution in [0.5, 0.6) is 0 Å². The molecule has 258 valence electrons. The first kappa shape index (κ1) is 32.0. The highest BCUT2D eigenvalue weighted by Gasteiger charge is 2.45. The molecule has 4 nitrogen and oxygen atoms in total. The van der Waals surface area contributed by atoms with Gasteiger partial charge in [0.05, 0.1) is 22.1 Å². The van der Waals surface area contributed by atoms with E-state index in [1.165, 1.54) is 55.3 Å². The number of benzene rings is 7. The minimum absolute atomic E-state index is 0.0667. The summed E-state index contributed by atoms with van der Waals surface area (Å²) >= 11 is 0. The highest BCUT2D eigenvalue weighted by atomic mass is 15.0. The van der Waals surface area contributed by atoms with Crippen molar-refractivity contribution in [1.82, 2.24) is 19.5 Å². The van der Waals surface area contributed by atoms with E-state index in [2.05, 4.69) is 141 Å². The second-order valence-corrected chi connectivity index (χ2v) is 15.3. The predicted octanol–water partition coefficient (Wildman–Crippen LogP) is 12.0. The molecule has 7 aromatic carbocycles. The number of rotatable bonds is 5. The monoisotopic (exact) mass is 694 g/mol. The topological polar surface area (TPSA) is 43.6 Å². The molecule has 54 heavy (non-hydrogen) atoms. The Morgan fingerprint density at radius 2 is 0.944 bits per heavy atom. The number of nitrogens with zero attached hydrogens (tertiary/aromatic N) is 4. The molecule has 0 saturated heterocycles. The van der Waals surface area contributed by atoms with Crippen molar-refractivity contribution >= 4 is 21.8 Å². The Kier molecular flexibility index (Phi) is 7.24. The van der Waals surface area contributed by atoms with Crippen molar-refractivity contribution in [2.24, 2.45) is 0 Å². The molecule has 0 fully saturated rings. The quantitative estimate of drug-likeness (QED) is 0.180. The average molecular weight is 695 g/mol. The summed E-state index contributed by atoms with van der Waals surface area (Å²) in [5.41, 5.74) is 12.1. The van der Waals surface area contributed by atoms with Crippen LogP contribution in [0.2, 0.25) is 0 Å². The van der Waals surface area contributed by atoms with Gasteiger partial charge in [0.15, 0.2) is 17.5 Å². The van der Waals surface area contributed by atoms with Gasteiger partial charge in [0.25, 0.3) is 0 Å². The van der Waals surface area contributed by atoms with Crippen LogP contribution in [0.1, 0.15) is 48.6 Å². The van der Waals surface area contributed by atoms with Crippen molar-refractivity contribution < 1.29 is 0 Å². The number of hydrogen-bond donors (Lipinski definition) is 0. The van der Waals surface area contributed by atoms with E-state index in [-0.39, 0.29) is 5.41 Å². The maximum Gasteiger partial charge on any atom is 0.164 e. The molecule has 1 unspecified atom stereocenters. The molecule has 1 aliphatic heterocycles. The van der Waals surface area contributed by atoms with Gasteiger partial charge in [0.1, 0.15) is 0 Å². The zero-order valence-electron chi connectivity index (χ0n) is 30.5. The Bertz CT molecular complexity index is 2780. The van der Waals surface area contributed by atoms with E-state index in [0.717, 1.165) is 16.7 Å². The Hall–Kier alpha value is -6.65. The summed E-state index contributed by atoms with van der Waals surface area (Å²) < 4.78 is 2.50. The maximum absolute atomic E-state index is 5.05. The van der Waals surface area contributed by atoms with Crippen LogP contribution >= 0.6 is 0 Å². The van der Waals surface area contributed by atoms with E-state index >= 15 is 0 Å². The van der Waals surface area contributed by atoms with Crippen LogP contribution < -0.4 is 0 Å². The standard InChI is InChI=1S/C50H38N4/c1-49(2,3)38-31-40-39-23-13-15-25-43(39)54-44-26-16-14-24-41(44)50(42(32-38)45(40)54,36-21-11-6-12-22-36)37-29-27-35(28-30-37)48-52-46(33-17-7-4-8-18-33)51-47(53-48)34-19-9-5-10-20-34/h4-32H,1-3H3. The molecule has 0 spiro atoms. The first-order valence-electron chi connectivity index (χ1n) is 18.6. The molecule has 0 N–H and O–H groups in total. The van der Waals surface area contributed by atoms with Crippen molar-refractivity contribution in [2.45, 2.75) is 31.6 Å². The average Bonchev–Trinajstić information content (AvgIpc) is 3.57. The highest BCUT2D eigenvalue weighted by molar-refractivity contribution is 6.12. The van der Waals surface area contributed by atoms with Gasteiger partial charge in [0.2, 0.25) is 0 Å². The number of fused-ring (bicyclic) bond motifs is 5. The minimum atomic E-state index is -0.607. The molecule has 1 aliphatic rings. The summed E-state index contributed by atoms with van der Waals surface area (Å²) in [4.78, 5) is 15.0. The van der Waals surface area contributed by atoms with Crippen molar-refractivity contribution in [2.75, 3.05) is 0 Å². The Morgan fingerprint density at radius 1 is 0.444 bits per heavy atom. The molecule has 2 aromatic heterocycles. The summed E-state index contributed by atoms with van der Waals surface area (Å²) in [5, 5.41) is 2.55. The molecular formula is C50H38N4. The first-order chi connectivity index (χ1) is 26.4. The van der Waals surface area contributed by atoms with Gasteiger partial charge in [-0.25, -0.2) is 15.0 Å². The van der Waals surface area contributed by atoms with Crippen molar-refractivity contribution in [3.8, 4) is 39.9 Å². The lowest BCUT2D eigenvalue weighted by atomic mass is 9.62. The smallest absolute Gasteiger partial charge is 0.164 e. The predicted molar refractivity (Wildman–Crippen MR) is 221 cm³/mol. The molecule has 3 heterocycles. The molecule has 4 heteroatoms. The zero-order valence-corrected chi connectivity index (χ0v) is 30.5. The number of para-hydroxylation sites is 2. The van der Waals surface area contributed by atoms with Gasteiger partial charge >= 0.3 is 0 Å². The Balaban J connectivity index is 1.26. The fourth-order valence-corrected chi connectivity index (χ4v) is 8.48. The van der Waals surface area contributed by atoms with Gasteiger partial charge in [-0.1, -0.05) is 178 Å². The number of aromatic nitrogens is 4. The van der Waals surface area contributed by atoms with E-state index < -0.39 is 5.41 Å². The second kappa shape index (κ2) is 12.2.